The lowest BCUT2D eigenvalue weighted by molar-refractivity contribution is -0.222. The lowest BCUT2D eigenvalue weighted by Crippen LogP contribution is -2.24. The molecule has 0 aliphatic heterocycles. The van der Waals surface area contributed by atoms with Crippen molar-refractivity contribution in [3.63, 3.8) is 0 Å². The van der Waals surface area contributed by atoms with E-state index in [0.717, 1.165) is 0 Å². The molecule has 2 N–H and O–H groups in total. The molecule has 0 amide bonds. The molecule has 10 heteroatoms. The minimum absolute atomic E-state index is 0.114. The van der Waals surface area contributed by atoms with E-state index in [0.29, 0.717) is 24.3 Å². The molecule has 31 heavy (non-hydrogen) atoms. The molecule has 0 spiro atoms. The van der Waals surface area contributed by atoms with Crippen molar-refractivity contribution in [3.05, 3.63) is 41.7 Å². The van der Waals surface area contributed by atoms with Crippen LogP contribution in [0.1, 0.15) is 56.8 Å². The average Bonchev–Trinajstić information content (AvgIpc) is 2.71. The largest absolute Gasteiger partial charge is 0.481 e. The van der Waals surface area contributed by atoms with Crippen LogP contribution < -0.4 is 10.1 Å². The average molecular weight is 441 g/mol. The van der Waals surface area contributed by atoms with Crippen LogP contribution >= 0.6 is 0 Å². The number of ether oxygens (including phenoxy) is 2. The van der Waals surface area contributed by atoms with Gasteiger partial charge in [-0.15, -0.1) is 0 Å². The summed E-state index contributed by atoms with van der Waals surface area (Å²) in [5, 5.41) is 12.1. The monoisotopic (exact) mass is 441 g/mol. The van der Waals surface area contributed by atoms with E-state index >= 15 is 0 Å². The van der Waals surface area contributed by atoms with E-state index < -0.39 is 18.2 Å². The predicted molar refractivity (Wildman–Crippen MR) is 109 cm³/mol. The van der Waals surface area contributed by atoms with E-state index in [2.05, 4.69) is 15.3 Å². The van der Waals surface area contributed by atoms with E-state index in [4.69, 9.17) is 14.6 Å². The number of carboxylic acid groups (broad SMARTS) is 1. The van der Waals surface area contributed by atoms with Crippen molar-refractivity contribution in [1.29, 1.82) is 0 Å². The first-order chi connectivity index (χ1) is 14.7. The summed E-state index contributed by atoms with van der Waals surface area (Å²) in [4.78, 5) is 19.2. The number of rotatable bonds is 11. The molecule has 0 aliphatic carbocycles. The fourth-order valence-electron chi connectivity index (χ4n) is 3.14. The molecule has 0 fully saturated rings. The SMILES string of the molecule is CCOc1ncc(Nc2cc([C@@H](CC)CC(=O)O)ccc2[C@@H](OCC)C(F)(F)F)cn1. The predicted octanol–water partition coefficient (Wildman–Crippen LogP) is 5.23. The summed E-state index contributed by atoms with van der Waals surface area (Å²) in [5.41, 5.74) is 0.994. The van der Waals surface area contributed by atoms with Gasteiger partial charge in [0.15, 0.2) is 6.10 Å². The molecule has 0 saturated heterocycles. The Morgan fingerprint density at radius 3 is 2.35 bits per heavy atom. The highest BCUT2D eigenvalue weighted by Crippen LogP contribution is 2.41. The number of nitrogens with one attached hydrogen (secondary N) is 1. The molecule has 170 valence electrons. The molecule has 2 rings (SSSR count). The molecule has 7 nitrogen and oxygen atoms in total. The van der Waals surface area contributed by atoms with E-state index in [-0.39, 0.29) is 36.2 Å². The first kappa shape index (κ1) is 24.4. The van der Waals surface area contributed by atoms with Gasteiger partial charge in [-0.1, -0.05) is 19.1 Å². The van der Waals surface area contributed by atoms with Crippen molar-refractivity contribution in [3.8, 4) is 6.01 Å². The Kier molecular flexibility index (Phi) is 8.61. The van der Waals surface area contributed by atoms with Gasteiger partial charge in [-0.2, -0.15) is 13.2 Å². The minimum Gasteiger partial charge on any atom is -0.481 e. The Hall–Kier alpha value is -2.88. The maximum atomic E-state index is 13.7. The Bertz CT molecular complexity index is 860. The molecule has 0 bridgehead atoms. The minimum atomic E-state index is -4.63. The zero-order chi connectivity index (χ0) is 23.0. The summed E-state index contributed by atoms with van der Waals surface area (Å²) in [6, 6.07) is 4.52. The highest BCUT2D eigenvalue weighted by Gasteiger charge is 2.43. The van der Waals surface area contributed by atoms with Gasteiger partial charge >= 0.3 is 18.2 Å². The third-order valence-electron chi connectivity index (χ3n) is 4.56. The molecule has 1 heterocycles. The summed E-state index contributed by atoms with van der Waals surface area (Å²) in [6.07, 6.45) is -3.59. The van der Waals surface area contributed by atoms with Gasteiger partial charge in [0.25, 0.3) is 0 Å². The van der Waals surface area contributed by atoms with Crippen molar-refractivity contribution in [2.45, 2.75) is 51.8 Å². The van der Waals surface area contributed by atoms with E-state index in [1.54, 1.807) is 6.92 Å². The van der Waals surface area contributed by atoms with Crippen molar-refractivity contribution >= 4 is 17.3 Å². The van der Waals surface area contributed by atoms with E-state index in [9.17, 15) is 18.0 Å². The fraction of sp³-hybridized carbons (Fsp3) is 0.476. The first-order valence-corrected chi connectivity index (χ1v) is 9.95. The number of alkyl halides is 3. The van der Waals surface area contributed by atoms with Crippen LogP contribution in [0.5, 0.6) is 6.01 Å². The molecule has 0 saturated carbocycles. The van der Waals surface area contributed by atoms with Crippen LogP contribution in [-0.4, -0.2) is 40.4 Å². The molecular formula is C21H26F3N3O4. The normalized spacial score (nSPS) is 13.5. The number of hydrogen-bond donors (Lipinski definition) is 2. The molecule has 1 aromatic carbocycles. The van der Waals surface area contributed by atoms with Gasteiger partial charge in [0, 0.05) is 17.9 Å². The first-order valence-electron chi connectivity index (χ1n) is 9.95. The highest BCUT2D eigenvalue weighted by molar-refractivity contribution is 5.69. The van der Waals surface area contributed by atoms with Gasteiger partial charge in [-0.05, 0) is 37.8 Å². The summed E-state index contributed by atoms with van der Waals surface area (Å²) in [7, 11) is 0. The Labute approximate surface area is 178 Å². The second kappa shape index (κ2) is 10.9. The zero-order valence-electron chi connectivity index (χ0n) is 17.6. The topological polar surface area (TPSA) is 93.6 Å². The standard InChI is InChI=1S/C21H26F3N3O4/c1-4-13(10-18(28)29)14-7-8-16(19(30-5-2)21(22,23)24)17(9-14)27-15-11-25-20(26-12-15)31-6-3/h7-9,11-13,19,27H,4-6,10H2,1-3H3,(H,28,29)/t13-,19+/m0/s1. The quantitative estimate of drug-likeness (QED) is 0.493. The molecule has 0 radical (unpaired) electrons. The second-order valence-electron chi connectivity index (χ2n) is 6.74. The molecular weight excluding hydrogens is 415 g/mol. The number of halogens is 3. The maximum Gasteiger partial charge on any atom is 0.418 e. The maximum absolute atomic E-state index is 13.7. The van der Waals surface area contributed by atoms with Crippen LogP contribution in [0.3, 0.4) is 0 Å². The van der Waals surface area contributed by atoms with Crippen LogP contribution in [0.15, 0.2) is 30.6 Å². The lowest BCUT2D eigenvalue weighted by atomic mass is 9.91. The molecule has 1 aromatic heterocycles. The number of nitrogens with zero attached hydrogens (tertiary/aromatic N) is 2. The van der Waals surface area contributed by atoms with E-state index in [1.165, 1.54) is 37.5 Å². The number of aromatic nitrogens is 2. The number of benzene rings is 1. The molecule has 0 unspecified atom stereocenters. The number of carboxylic acids is 1. The summed E-state index contributed by atoms with van der Waals surface area (Å²) >= 11 is 0. The summed E-state index contributed by atoms with van der Waals surface area (Å²) in [5.74, 6) is -1.33. The molecule has 2 aromatic rings. The smallest absolute Gasteiger partial charge is 0.418 e. The lowest BCUT2D eigenvalue weighted by Gasteiger charge is -2.25. The molecule has 0 aliphatic rings. The van der Waals surface area contributed by atoms with Gasteiger partial charge in [0.1, 0.15) is 0 Å². The van der Waals surface area contributed by atoms with Gasteiger partial charge < -0.3 is 19.9 Å². The number of hydrogen-bond acceptors (Lipinski definition) is 6. The van der Waals surface area contributed by atoms with Crippen LogP contribution in [-0.2, 0) is 9.53 Å². The van der Waals surface area contributed by atoms with Crippen molar-refractivity contribution in [1.82, 2.24) is 9.97 Å². The molecule has 2 atom stereocenters. The van der Waals surface area contributed by atoms with Gasteiger partial charge in [0.2, 0.25) is 0 Å². The van der Waals surface area contributed by atoms with Crippen LogP contribution in [0.25, 0.3) is 0 Å². The van der Waals surface area contributed by atoms with Gasteiger partial charge in [-0.25, -0.2) is 9.97 Å². The number of aliphatic carboxylic acids is 1. The Morgan fingerprint density at radius 2 is 1.84 bits per heavy atom. The third-order valence-corrected chi connectivity index (χ3v) is 4.56. The zero-order valence-corrected chi connectivity index (χ0v) is 17.6. The van der Waals surface area contributed by atoms with Crippen molar-refractivity contribution in [2.75, 3.05) is 18.5 Å². The highest BCUT2D eigenvalue weighted by atomic mass is 19.4. The van der Waals surface area contributed by atoms with Gasteiger partial charge in [-0.3, -0.25) is 4.79 Å². The Balaban J connectivity index is 2.49. The summed E-state index contributed by atoms with van der Waals surface area (Å²) < 4.78 is 51.2. The Morgan fingerprint density at radius 1 is 1.16 bits per heavy atom. The van der Waals surface area contributed by atoms with Crippen LogP contribution in [0.4, 0.5) is 24.5 Å². The fourth-order valence-corrected chi connectivity index (χ4v) is 3.14. The van der Waals surface area contributed by atoms with Crippen LogP contribution in [0, 0.1) is 0 Å². The van der Waals surface area contributed by atoms with Crippen molar-refractivity contribution in [2.24, 2.45) is 0 Å². The second-order valence-corrected chi connectivity index (χ2v) is 6.74. The third kappa shape index (κ3) is 6.81. The van der Waals surface area contributed by atoms with Gasteiger partial charge in [0.05, 0.1) is 31.1 Å². The number of anilines is 2. The number of carbonyl (C=O) groups is 1. The van der Waals surface area contributed by atoms with Crippen molar-refractivity contribution < 1.29 is 32.5 Å². The van der Waals surface area contributed by atoms with E-state index in [1.807, 2.05) is 6.92 Å². The summed E-state index contributed by atoms with van der Waals surface area (Å²) in [6.45, 7) is 5.34. The van der Waals surface area contributed by atoms with Crippen LogP contribution in [0.2, 0.25) is 0 Å².